The van der Waals surface area contributed by atoms with Crippen LogP contribution in [0.3, 0.4) is 0 Å². The lowest BCUT2D eigenvalue weighted by atomic mass is 10.2. The second-order valence-corrected chi connectivity index (χ2v) is 7.26. The SMILES string of the molecule is CC(C)(C)OC(=O)NCCCNCCOc1ccc2c(Cl)ccnc2c1. The minimum atomic E-state index is -0.469. The molecule has 0 fully saturated rings. The Morgan fingerprint density at radius 2 is 2.00 bits per heavy atom. The van der Waals surface area contributed by atoms with Gasteiger partial charge in [0.05, 0.1) is 10.5 Å². The molecule has 7 heteroatoms. The summed E-state index contributed by atoms with van der Waals surface area (Å²) in [5.41, 5.74) is 0.347. The maximum Gasteiger partial charge on any atom is 0.407 e. The zero-order valence-electron chi connectivity index (χ0n) is 15.5. The number of carbonyl (C=O) groups excluding carboxylic acids is 1. The minimum absolute atomic E-state index is 0.383. The molecule has 0 aliphatic rings. The Morgan fingerprint density at radius 3 is 2.77 bits per heavy atom. The second-order valence-electron chi connectivity index (χ2n) is 6.85. The lowest BCUT2D eigenvalue weighted by Gasteiger charge is -2.19. The lowest BCUT2D eigenvalue weighted by molar-refractivity contribution is 0.0527. The molecule has 0 saturated carbocycles. The van der Waals surface area contributed by atoms with Gasteiger partial charge in [-0.15, -0.1) is 0 Å². The number of alkyl carbamates (subject to hydrolysis) is 1. The van der Waals surface area contributed by atoms with Crippen molar-refractivity contribution in [2.75, 3.05) is 26.2 Å². The van der Waals surface area contributed by atoms with Crippen molar-refractivity contribution in [1.29, 1.82) is 0 Å². The number of hydrogen-bond acceptors (Lipinski definition) is 5. The number of hydrogen-bond donors (Lipinski definition) is 2. The number of nitrogens with zero attached hydrogens (tertiary/aromatic N) is 1. The number of nitrogens with one attached hydrogen (secondary N) is 2. The molecule has 0 atom stereocenters. The van der Waals surface area contributed by atoms with Gasteiger partial charge in [-0.25, -0.2) is 4.79 Å². The summed E-state index contributed by atoms with van der Waals surface area (Å²) in [5.74, 6) is 0.764. The maximum absolute atomic E-state index is 11.5. The largest absolute Gasteiger partial charge is 0.492 e. The van der Waals surface area contributed by atoms with Gasteiger partial charge in [0.2, 0.25) is 0 Å². The molecule has 1 amide bonds. The molecule has 0 spiro atoms. The summed E-state index contributed by atoms with van der Waals surface area (Å²) >= 11 is 6.12. The number of aromatic nitrogens is 1. The Labute approximate surface area is 159 Å². The molecular weight excluding hydrogens is 354 g/mol. The molecule has 2 N–H and O–H groups in total. The first kappa shape index (κ1) is 20.3. The summed E-state index contributed by atoms with van der Waals surface area (Å²) in [6.07, 6.45) is 2.12. The van der Waals surface area contributed by atoms with Crippen LogP contribution < -0.4 is 15.4 Å². The lowest BCUT2D eigenvalue weighted by Crippen LogP contribution is -2.34. The average molecular weight is 380 g/mol. The Balaban J connectivity index is 1.58. The third-order valence-electron chi connectivity index (χ3n) is 3.41. The summed E-state index contributed by atoms with van der Waals surface area (Å²) in [4.78, 5) is 15.8. The zero-order chi connectivity index (χ0) is 19.0. The molecule has 0 aliphatic heterocycles. The molecular formula is C19H26ClN3O3. The molecule has 2 rings (SSSR count). The van der Waals surface area contributed by atoms with Gasteiger partial charge in [-0.1, -0.05) is 11.6 Å². The van der Waals surface area contributed by atoms with E-state index in [4.69, 9.17) is 21.1 Å². The van der Waals surface area contributed by atoms with Gasteiger partial charge in [0.25, 0.3) is 0 Å². The highest BCUT2D eigenvalue weighted by Gasteiger charge is 2.15. The van der Waals surface area contributed by atoms with Crippen LogP contribution in [0, 0.1) is 0 Å². The van der Waals surface area contributed by atoms with Crippen molar-refractivity contribution in [3.8, 4) is 5.75 Å². The molecule has 0 unspecified atom stereocenters. The molecule has 2 aromatic rings. The van der Waals surface area contributed by atoms with Crippen LogP contribution in [0.5, 0.6) is 5.75 Å². The predicted molar refractivity (Wildman–Crippen MR) is 104 cm³/mol. The Kier molecular flexibility index (Phi) is 7.48. The van der Waals surface area contributed by atoms with Crippen LogP contribution >= 0.6 is 11.6 Å². The monoisotopic (exact) mass is 379 g/mol. The van der Waals surface area contributed by atoms with E-state index in [-0.39, 0.29) is 6.09 Å². The fourth-order valence-electron chi connectivity index (χ4n) is 2.27. The van der Waals surface area contributed by atoms with Gasteiger partial charge in [-0.2, -0.15) is 0 Å². The van der Waals surface area contributed by atoms with Crippen LogP contribution in [-0.2, 0) is 4.74 Å². The molecule has 1 aromatic carbocycles. The molecule has 1 heterocycles. The number of pyridine rings is 1. The van der Waals surface area contributed by atoms with Crippen LogP contribution in [0.4, 0.5) is 4.79 Å². The molecule has 0 bridgehead atoms. The van der Waals surface area contributed by atoms with Crippen LogP contribution in [0.1, 0.15) is 27.2 Å². The van der Waals surface area contributed by atoms with Gasteiger partial charge in [0.15, 0.2) is 0 Å². The fraction of sp³-hybridized carbons (Fsp3) is 0.474. The number of carbonyl (C=O) groups is 1. The number of benzene rings is 1. The molecule has 26 heavy (non-hydrogen) atoms. The highest BCUT2D eigenvalue weighted by atomic mass is 35.5. The normalized spacial score (nSPS) is 11.4. The summed E-state index contributed by atoms with van der Waals surface area (Å²) in [7, 11) is 0. The van der Waals surface area contributed by atoms with Crippen molar-refractivity contribution in [2.24, 2.45) is 0 Å². The summed E-state index contributed by atoms with van der Waals surface area (Å²) < 4.78 is 10.9. The van der Waals surface area contributed by atoms with Crippen molar-refractivity contribution in [2.45, 2.75) is 32.8 Å². The molecule has 142 valence electrons. The van der Waals surface area contributed by atoms with E-state index in [0.717, 1.165) is 29.6 Å². The van der Waals surface area contributed by atoms with Gasteiger partial charge in [0.1, 0.15) is 18.0 Å². The van der Waals surface area contributed by atoms with Crippen molar-refractivity contribution < 1.29 is 14.3 Å². The molecule has 0 aliphatic carbocycles. The van der Waals surface area contributed by atoms with E-state index in [1.165, 1.54) is 0 Å². The van der Waals surface area contributed by atoms with E-state index in [1.807, 2.05) is 39.0 Å². The molecule has 0 radical (unpaired) electrons. The maximum atomic E-state index is 11.5. The van der Waals surface area contributed by atoms with Gasteiger partial charge in [-0.3, -0.25) is 4.98 Å². The van der Waals surface area contributed by atoms with Gasteiger partial charge >= 0.3 is 6.09 Å². The van der Waals surface area contributed by atoms with Gasteiger partial charge in [-0.05, 0) is 51.9 Å². The number of halogens is 1. The summed E-state index contributed by atoms with van der Waals surface area (Å²) in [6, 6.07) is 7.45. The van der Waals surface area contributed by atoms with Crippen LogP contribution in [0.2, 0.25) is 5.02 Å². The Bertz CT molecular complexity index is 732. The van der Waals surface area contributed by atoms with Crippen molar-refractivity contribution in [3.05, 3.63) is 35.5 Å². The molecule has 6 nitrogen and oxygen atoms in total. The van der Waals surface area contributed by atoms with E-state index >= 15 is 0 Å². The third kappa shape index (κ3) is 7.06. The topological polar surface area (TPSA) is 72.5 Å². The van der Waals surface area contributed by atoms with Crippen LogP contribution in [-0.4, -0.2) is 42.9 Å². The average Bonchev–Trinajstić information content (AvgIpc) is 2.56. The van der Waals surface area contributed by atoms with Crippen LogP contribution in [0.15, 0.2) is 30.5 Å². The molecule has 1 aromatic heterocycles. The Hall–Kier alpha value is -2.05. The number of amides is 1. The highest BCUT2D eigenvalue weighted by Crippen LogP contribution is 2.24. The second kappa shape index (κ2) is 9.59. The van der Waals surface area contributed by atoms with Crippen LogP contribution in [0.25, 0.3) is 10.9 Å². The third-order valence-corrected chi connectivity index (χ3v) is 3.74. The summed E-state index contributed by atoms with van der Waals surface area (Å²) in [5, 5.41) is 7.59. The minimum Gasteiger partial charge on any atom is -0.492 e. The van der Waals surface area contributed by atoms with Crippen molar-refractivity contribution in [3.63, 3.8) is 0 Å². The Morgan fingerprint density at radius 1 is 1.19 bits per heavy atom. The fourth-order valence-corrected chi connectivity index (χ4v) is 2.48. The van der Waals surface area contributed by atoms with E-state index in [0.29, 0.717) is 24.7 Å². The van der Waals surface area contributed by atoms with Gasteiger partial charge in [0, 0.05) is 30.7 Å². The van der Waals surface area contributed by atoms with Crippen molar-refractivity contribution in [1.82, 2.24) is 15.6 Å². The quantitative estimate of drug-likeness (QED) is 0.683. The van der Waals surface area contributed by atoms with Crippen molar-refractivity contribution >= 4 is 28.6 Å². The first-order valence-electron chi connectivity index (χ1n) is 8.70. The summed E-state index contributed by atoms with van der Waals surface area (Å²) in [6.45, 7) is 8.14. The number of rotatable bonds is 8. The first-order chi connectivity index (χ1) is 12.3. The van der Waals surface area contributed by atoms with E-state index in [1.54, 1.807) is 12.3 Å². The van der Waals surface area contributed by atoms with Gasteiger partial charge < -0.3 is 20.1 Å². The predicted octanol–water partition coefficient (Wildman–Crippen LogP) is 3.77. The number of fused-ring (bicyclic) bond motifs is 1. The molecule has 0 saturated heterocycles. The van der Waals surface area contributed by atoms with E-state index in [2.05, 4.69) is 15.6 Å². The van der Waals surface area contributed by atoms with E-state index < -0.39 is 5.60 Å². The van der Waals surface area contributed by atoms with E-state index in [9.17, 15) is 4.79 Å². The number of ether oxygens (including phenoxy) is 2. The first-order valence-corrected chi connectivity index (χ1v) is 9.07. The smallest absolute Gasteiger partial charge is 0.407 e. The standard InChI is InChI=1S/C19H26ClN3O3/c1-19(2,3)26-18(24)23-9-4-8-21-11-12-25-14-5-6-15-16(20)7-10-22-17(15)13-14/h5-7,10,13,21H,4,8-9,11-12H2,1-3H3,(H,23,24). The highest BCUT2D eigenvalue weighted by molar-refractivity contribution is 6.35. The zero-order valence-corrected chi connectivity index (χ0v) is 16.2.